The van der Waals surface area contributed by atoms with Crippen LogP contribution in [-0.4, -0.2) is 47.3 Å². The van der Waals surface area contributed by atoms with Crippen LogP contribution in [0.25, 0.3) is 0 Å². The maximum absolute atomic E-state index is 14.1. The normalized spacial score (nSPS) is 23.4. The molecule has 1 amide bonds. The highest BCUT2D eigenvalue weighted by Crippen LogP contribution is 2.21. The molecule has 0 aromatic carbocycles. The molecule has 20 heavy (non-hydrogen) atoms. The van der Waals surface area contributed by atoms with Crippen LogP contribution < -0.4 is 0 Å². The molecule has 1 aliphatic heterocycles. The first kappa shape index (κ1) is 15.0. The van der Waals surface area contributed by atoms with Crippen molar-refractivity contribution in [3.63, 3.8) is 0 Å². The summed E-state index contributed by atoms with van der Waals surface area (Å²) in [5.41, 5.74) is 2.42. The van der Waals surface area contributed by atoms with Gasteiger partial charge in [-0.25, -0.2) is 4.39 Å². The lowest BCUT2D eigenvalue weighted by Gasteiger charge is -2.35. The molecule has 2 atom stereocenters. The molecule has 0 saturated carbocycles. The van der Waals surface area contributed by atoms with Gasteiger partial charge in [-0.1, -0.05) is 0 Å². The van der Waals surface area contributed by atoms with Crippen molar-refractivity contribution in [3.8, 4) is 0 Å². The van der Waals surface area contributed by atoms with E-state index in [4.69, 9.17) is 4.74 Å². The second-order valence-electron chi connectivity index (χ2n) is 5.77. The van der Waals surface area contributed by atoms with Crippen LogP contribution in [0.2, 0.25) is 0 Å². The number of amides is 1. The summed E-state index contributed by atoms with van der Waals surface area (Å²) >= 11 is 0. The van der Waals surface area contributed by atoms with Gasteiger partial charge in [-0.2, -0.15) is 0 Å². The molecule has 1 saturated heterocycles. The predicted octanol–water partition coefficient (Wildman–Crippen LogP) is 2.61. The number of likely N-dealkylation sites (tertiary alicyclic amines) is 1. The molecule has 0 spiro atoms. The monoisotopic (exact) mass is 282 g/mol. The van der Waals surface area contributed by atoms with Crippen LogP contribution >= 0.6 is 0 Å². The van der Waals surface area contributed by atoms with Gasteiger partial charge in [0.1, 0.15) is 6.17 Å². The molecular formula is C15H23FN2O2. The minimum atomic E-state index is -1.12. The van der Waals surface area contributed by atoms with Crippen LogP contribution in [0.1, 0.15) is 42.0 Å². The predicted molar refractivity (Wildman–Crippen MR) is 75.7 cm³/mol. The van der Waals surface area contributed by atoms with Crippen molar-refractivity contribution in [2.45, 2.75) is 52.5 Å². The van der Waals surface area contributed by atoms with Gasteiger partial charge in [-0.3, -0.25) is 4.79 Å². The number of nitrogens with zero attached hydrogens (tertiary/aromatic N) is 1. The van der Waals surface area contributed by atoms with Crippen LogP contribution in [0.4, 0.5) is 4.39 Å². The van der Waals surface area contributed by atoms with E-state index >= 15 is 0 Å². The molecule has 112 valence electrons. The molecule has 4 nitrogen and oxygen atoms in total. The van der Waals surface area contributed by atoms with Crippen molar-refractivity contribution in [2.24, 2.45) is 0 Å². The Morgan fingerprint density at radius 3 is 2.70 bits per heavy atom. The molecule has 0 bridgehead atoms. The van der Waals surface area contributed by atoms with Crippen LogP contribution in [0.5, 0.6) is 0 Å². The van der Waals surface area contributed by atoms with E-state index in [1.165, 1.54) is 0 Å². The summed E-state index contributed by atoms with van der Waals surface area (Å²) in [5.74, 6) is -0.0995. The van der Waals surface area contributed by atoms with Gasteiger partial charge in [-0.05, 0) is 40.2 Å². The highest BCUT2D eigenvalue weighted by molar-refractivity contribution is 5.95. The van der Waals surface area contributed by atoms with E-state index in [9.17, 15) is 9.18 Å². The Labute approximate surface area is 119 Å². The van der Waals surface area contributed by atoms with Gasteiger partial charge in [0.15, 0.2) is 0 Å². The van der Waals surface area contributed by atoms with E-state index in [1.807, 2.05) is 33.8 Å². The van der Waals surface area contributed by atoms with E-state index in [2.05, 4.69) is 4.98 Å². The molecule has 0 unspecified atom stereocenters. The maximum atomic E-state index is 14.1. The molecule has 0 aliphatic carbocycles. The van der Waals surface area contributed by atoms with Crippen molar-refractivity contribution in [3.05, 3.63) is 23.0 Å². The Balaban J connectivity index is 2.02. The Bertz CT molecular complexity index is 484. The number of aromatic amines is 1. The van der Waals surface area contributed by atoms with Gasteiger partial charge >= 0.3 is 0 Å². The van der Waals surface area contributed by atoms with E-state index < -0.39 is 12.3 Å². The summed E-state index contributed by atoms with van der Waals surface area (Å²) in [4.78, 5) is 17.1. The number of halogens is 1. The molecule has 5 heteroatoms. The van der Waals surface area contributed by atoms with Crippen LogP contribution in [0.15, 0.2) is 6.07 Å². The zero-order valence-corrected chi connectivity index (χ0v) is 12.6. The minimum Gasteiger partial charge on any atom is -0.372 e. The quantitative estimate of drug-likeness (QED) is 0.926. The van der Waals surface area contributed by atoms with E-state index in [0.29, 0.717) is 18.5 Å². The Kier molecular flexibility index (Phi) is 4.48. The second-order valence-corrected chi connectivity index (χ2v) is 5.77. The maximum Gasteiger partial charge on any atom is 0.255 e. The Morgan fingerprint density at radius 1 is 1.50 bits per heavy atom. The topological polar surface area (TPSA) is 45.3 Å². The number of hydrogen-bond acceptors (Lipinski definition) is 2. The second kappa shape index (κ2) is 5.95. The highest BCUT2D eigenvalue weighted by Gasteiger charge is 2.33. The zero-order chi connectivity index (χ0) is 14.9. The summed E-state index contributed by atoms with van der Waals surface area (Å²) in [6, 6.07) is 1.82. The lowest BCUT2D eigenvalue weighted by atomic mass is 10.0. The highest BCUT2D eigenvalue weighted by atomic mass is 19.1. The fourth-order valence-corrected chi connectivity index (χ4v) is 2.69. The number of carbonyl (C=O) groups is 1. The lowest BCUT2D eigenvalue weighted by molar-refractivity contribution is -0.0666. The average molecular weight is 282 g/mol. The Hall–Kier alpha value is -1.36. The summed E-state index contributed by atoms with van der Waals surface area (Å²) < 4.78 is 19.7. The first-order valence-corrected chi connectivity index (χ1v) is 7.13. The molecular weight excluding hydrogens is 259 g/mol. The Morgan fingerprint density at radius 2 is 2.20 bits per heavy atom. The number of aromatic nitrogens is 1. The van der Waals surface area contributed by atoms with Crippen molar-refractivity contribution >= 4 is 5.91 Å². The van der Waals surface area contributed by atoms with Gasteiger partial charge < -0.3 is 14.6 Å². The lowest BCUT2D eigenvalue weighted by Crippen LogP contribution is -2.48. The summed E-state index contributed by atoms with van der Waals surface area (Å²) in [6.45, 7) is 8.22. The number of ether oxygens (including phenoxy) is 1. The molecule has 1 fully saturated rings. The van der Waals surface area contributed by atoms with Crippen molar-refractivity contribution < 1.29 is 13.9 Å². The number of H-pyrrole nitrogens is 1. The zero-order valence-electron chi connectivity index (χ0n) is 12.6. The molecule has 0 radical (unpaired) electrons. The summed E-state index contributed by atoms with van der Waals surface area (Å²) in [7, 11) is 0. The molecule has 2 heterocycles. The molecule has 1 aromatic heterocycles. The molecule has 1 aromatic rings. The van der Waals surface area contributed by atoms with Gasteiger partial charge in [0.2, 0.25) is 0 Å². The van der Waals surface area contributed by atoms with E-state index in [-0.39, 0.29) is 18.6 Å². The fraction of sp³-hybridized carbons (Fsp3) is 0.667. The SMILES string of the molecule is Cc1cc(C(=O)N2CC[C@H](OC(C)C)[C@H](F)C2)c(C)[nH]1. The number of piperidine rings is 1. The number of hydrogen-bond donors (Lipinski definition) is 1. The minimum absolute atomic E-state index is 0.00932. The number of nitrogens with one attached hydrogen (secondary N) is 1. The third kappa shape index (κ3) is 3.20. The van der Waals surface area contributed by atoms with Crippen molar-refractivity contribution in [1.82, 2.24) is 9.88 Å². The summed E-state index contributed by atoms with van der Waals surface area (Å²) in [5, 5.41) is 0. The smallest absolute Gasteiger partial charge is 0.255 e. The third-order valence-electron chi connectivity index (χ3n) is 3.60. The van der Waals surface area contributed by atoms with Gasteiger partial charge in [-0.15, -0.1) is 0 Å². The van der Waals surface area contributed by atoms with Crippen LogP contribution in [0, 0.1) is 13.8 Å². The number of alkyl halides is 1. The van der Waals surface area contributed by atoms with Crippen LogP contribution in [0.3, 0.4) is 0 Å². The van der Waals surface area contributed by atoms with E-state index in [1.54, 1.807) is 4.90 Å². The largest absolute Gasteiger partial charge is 0.372 e. The van der Waals surface area contributed by atoms with E-state index in [0.717, 1.165) is 11.4 Å². The third-order valence-corrected chi connectivity index (χ3v) is 3.60. The van der Waals surface area contributed by atoms with Crippen molar-refractivity contribution in [2.75, 3.05) is 13.1 Å². The van der Waals surface area contributed by atoms with Gasteiger partial charge in [0.25, 0.3) is 5.91 Å². The number of rotatable bonds is 3. The average Bonchev–Trinajstić information content (AvgIpc) is 2.69. The fourth-order valence-electron chi connectivity index (χ4n) is 2.69. The van der Waals surface area contributed by atoms with Gasteiger partial charge in [0, 0.05) is 17.9 Å². The first-order chi connectivity index (χ1) is 9.38. The summed E-state index contributed by atoms with van der Waals surface area (Å²) in [6.07, 6.45) is -0.952. The van der Waals surface area contributed by atoms with Gasteiger partial charge in [0.05, 0.1) is 24.3 Å². The molecule has 2 rings (SSSR count). The van der Waals surface area contributed by atoms with Crippen LogP contribution in [-0.2, 0) is 4.74 Å². The standard InChI is InChI=1S/C15H23FN2O2/c1-9(2)20-14-5-6-18(8-13(14)16)15(19)12-7-10(3)17-11(12)4/h7,9,13-14,17H,5-6,8H2,1-4H3/t13-,14+/m1/s1. The molecule has 1 aliphatic rings. The number of carbonyl (C=O) groups excluding carboxylic acids is 1. The molecule has 1 N–H and O–H groups in total. The first-order valence-electron chi connectivity index (χ1n) is 7.13. The van der Waals surface area contributed by atoms with Crippen molar-refractivity contribution in [1.29, 1.82) is 0 Å². The number of aryl methyl sites for hydroxylation is 2.